The Labute approximate surface area is 279 Å². The average Bonchev–Trinajstić information content (AvgIpc) is 3.02. The van der Waals surface area contributed by atoms with Crippen molar-refractivity contribution in [3.8, 4) is 0 Å². The van der Waals surface area contributed by atoms with E-state index >= 15 is 0 Å². The van der Waals surface area contributed by atoms with Crippen LogP contribution in [0.4, 0.5) is 5.69 Å². The van der Waals surface area contributed by atoms with Crippen molar-refractivity contribution in [3.63, 3.8) is 0 Å². The maximum absolute atomic E-state index is 14.5. The van der Waals surface area contributed by atoms with Crippen molar-refractivity contribution in [2.45, 2.75) is 44.2 Å². The monoisotopic (exact) mass is 685 g/mol. The number of rotatable bonds is 13. The van der Waals surface area contributed by atoms with Crippen LogP contribution in [0, 0.1) is 6.92 Å². The van der Waals surface area contributed by atoms with Gasteiger partial charge in [0, 0.05) is 40.1 Å². The maximum atomic E-state index is 14.5. The van der Waals surface area contributed by atoms with Gasteiger partial charge in [-0.25, -0.2) is 8.42 Å². The standard InChI is InChI=1S/C34H34Cl3N3O4S/c1-3-19-38-34(42)32(21-25-11-6-4-7-12-25)39(22-28-29(36)15-10-16-30(28)37)33(41)23-40(31-18-17-26(35)20-24(31)2)45(43,44)27-13-8-5-9-14-27/h4-18,20,32H,3,19,21-23H2,1-2H3,(H,38,42). The molecule has 0 saturated carbocycles. The minimum absolute atomic E-state index is 0.00868. The summed E-state index contributed by atoms with van der Waals surface area (Å²) in [4.78, 5) is 29.7. The van der Waals surface area contributed by atoms with E-state index in [0.717, 1.165) is 9.87 Å². The van der Waals surface area contributed by atoms with Crippen molar-refractivity contribution in [3.05, 3.63) is 129 Å². The van der Waals surface area contributed by atoms with Crippen molar-refractivity contribution in [1.29, 1.82) is 0 Å². The van der Waals surface area contributed by atoms with Crippen LogP contribution >= 0.6 is 34.8 Å². The number of aryl methyl sites for hydroxylation is 1. The van der Waals surface area contributed by atoms with E-state index in [1.807, 2.05) is 37.3 Å². The van der Waals surface area contributed by atoms with Crippen molar-refractivity contribution in [1.82, 2.24) is 10.2 Å². The predicted molar refractivity (Wildman–Crippen MR) is 181 cm³/mol. The van der Waals surface area contributed by atoms with E-state index in [1.165, 1.54) is 17.0 Å². The van der Waals surface area contributed by atoms with Gasteiger partial charge in [-0.15, -0.1) is 0 Å². The Hall–Kier alpha value is -3.56. The van der Waals surface area contributed by atoms with Gasteiger partial charge in [0.25, 0.3) is 10.0 Å². The number of anilines is 1. The Morgan fingerprint density at radius 1 is 0.844 bits per heavy atom. The van der Waals surface area contributed by atoms with Crippen molar-refractivity contribution < 1.29 is 18.0 Å². The van der Waals surface area contributed by atoms with E-state index in [0.29, 0.717) is 39.2 Å². The van der Waals surface area contributed by atoms with E-state index in [4.69, 9.17) is 34.8 Å². The van der Waals surface area contributed by atoms with Crippen LogP contribution in [0.25, 0.3) is 0 Å². The molecule has 45 heavy (non-hydrogen) atoms. The van der Waals surface area contributed by atoms with Crippen LogP contribution in [-0.2, 0) is 32.6 Å². The second kappa shape index (κ2) is 15.6. The van der Waals surface area contributed by atoms with E-state index in [1.54, 1.807) is 61.5 Å². The fraction of sp³-hybridized carbons (Fsp3) is 0.235. The molecule has 1 N–H and O–H groups in total. The highest BCUT2D eigenvalue weighted by Crippen LogP contribution is 2.31. The first-order chi connectivity index (χ1) is 21.5. The first kappa shape index (κ1) is 34.3. The average molecular weight is 687 g/mol. The molecule has 0 fully saturated rings. The summed E-state index contributed by atoms with van der Waals surface area (Å²) in [7, 11) is -4.24. The van der Waals surface area contributed by atoms with Crippen LogP contribution in [0.1, 0.15) is 30.0 Å². The zero-order chi connectivity index (χ0) is 32.6. The third-order valence-corrected chi connectivity index (χ3v) is 9.97. The molecule has 0 aliphatic rings. The van der Waals surface area contributed by atoms with Crippen molar-refractivity contribution >= 4 is 62.3 Å². The van der Waals surface area contributed by atoms with Gasteiger partial charge in [-0.05, 0) is 66.9 Å². The van der Waals surface area contributed by atoms with Crippen LogP contribution in [0.15, 0.2) is 102 Å². The fourth-order valence-electron chi connectivity index (χ4n) is 4.91. The Bertz CT molecular complexity index is 1720. The summed E-state index contributed by atoms with van der Waals surface area (Å²) >= 11 is 19.3. The molecule has 11 heteroatoms. The SMILES string of the molecule is CCCNC(=O)C(Cc1ccccc1)N(Cc1c(Cl)cccc1Cl)C(=O)CN(c1ccc(Cl)cc1C)S(=O)(=O)c1ccccc1. The van der Waals surface area contributed by atoms with E-state index in [9.17, 15) is 18.0 Å². The summed E-state index contributed by atoms with van der Waals surface area (Å²) in [5.41, 5.74) is 2.09. The second-order valence-corrected chi connectivity index (χ2v) is 13.6. The molecule has 0 aromatic heterocycles. The smallest absolute Gasteiger partial charge is 0.264 e. The molecule has 1 unspecified atom stereocenters. The third-order valence-electron chi connectivity index (χ3n) is 7.25. The molecular weight excluding hydrogens is 653 g/mol. The number of carbonyl (C=O) groups is 2. The summed E-state index contributed by atoms with van der Waals surface area (Å²) in [6.45, 7) is 3.31. The van der Waals surface area contributed by atoms with Crippen LogP contribution in [-0.4, -0.2) is 44.3 Å². The van der Waals surface area contributed by atoms with Crippen molar-refractivity contribution in [2.24, 2.45) is 0 Å². The summed E-state index contributed by atoms with van der Waals surface area (Å²) in [5, 5.41) is 3.97. The number of hydrogen-bond donors (Lipinski definition) is 1. The van der Waals surface area contributed by atoms with Gasteiger partial charge in [0.1, 0.15) is 12.6 Å². The first-order valence-electron chi connectivity index (χ1n) is 14.4. The maximum Gasteiger partial charge on any atom is 0.264 e. The Balaban J connectivity index is 1.85. The van der Waals surface area contributed by atoms with Gasteiger partial charge in [-0.2, -0.15) is 0 Å². The molecule has 0 aliphatic heterocycles. The van der Waals surface area contributed by atoms with Gasteiger partial charge < -0.3 is 10.2 Å². The molecule has 4 rings (SSSR count). The summed E-state index contributed by atoms with van der Waals surface area (Å²) in [5.74, 6) is -0.996. The van der Waals surface area contributed by atoms with Crippen LogP contribution in [0.5, 0.6) is 0 Å². The number of amides is 2. The van der Waals surface area contributed by atoms with Gasteiger partial charge in [0.15, 0.2) is 0 Å². The van der Waals surface area contributed by atoms with Crippen molar-refractivity contribution in [2.75, 3.05) is 17.4 Å². The number of sulfonamides is 1. The molecule has 0 spiro atoms. The van der Waals surface area contributed by atoms with Gasteiger partial charge in [0.05, 0.1) is 10.6 Å². The van der Waals surface area contributed by atoms with E-state index < -0.39 is 28.5 Å². The minimum atomic E-state index is -4.24. The second-order valence-electron chi connectivity index (χ2n) is 10.5. The quantitative estimate of drug-likeness (QED) is 0.160. The minimum Gasteiger partial charge on any atom is -0.354 e. The van der Waals surface area contributed by atoms with E-state index in [2.05, 4.69) is 5.32 Å². The third kappa shape index (κ3) is 8.58. The lowest BCUT2D eigenvalue weighted by Crippen LogP contribution is -2.53. The molecule has 0 heterocycles. The predicted octanol–water partition coefficient (Wildman–Crippen LogP) is 7.32. The number of carbonyl (C=O) groups excluding carboxylic acids is 2. The number of halogens is 3. The number of benzene rings is 4. The molecule has 1 atom stereocenters. The lowest BCUT2D eigenvalue weighted by Gasteiger charge is -2.34. The van der Waals surface area contributed by atoms with Crippen LogP contribution in [0.3, 0.4) is 0 Å². The summed E-state index contributed by atoms with van der Waals surface area (Å²) in [6.07, 6.45) is 0.864. The zero-order valence-electron chi connectivity index (χ0n) is 24.9. The van der Waals surface area contributed by atoms with Gasteiger partial charge in [-0.3, -0.25) is 13.9 Å². The van der Waals surface area contributed by atoms with E-state index in [-0.39, 0.29) is 29.5 Å². The van der Waals surface area contributed by atoms with Crippen LogP contribution in [0.2, 0.25) is 15.1 Å². The molecule has 0 radical (unpaired) electrons. The van der Waals surface area contributed by atoms with Gasteiger partial charge in [-0.1, -0.05) is 96.3 Å². The number of hydrogen-bond acceptors (Lipinski definition) is 4. The lowest BCUT2D eigenvalue weighted by atomic mass is 10.0. The molecule has 4 aromatic carbocycles. The topological polar surface area (TPSA) is 86.8 Å². The summed E-state index contributed by atoms with van der Waals surface area (Å²) in [6, 6.07) is 25.9. The molecule has 0 saturated heterocycles. The molecule has 4 aromatic rings. The van der Waals surface area contributed by atoms with Gasteiger partial charge >= 0.3 is 0 Å². The fourth-order valence-corrected chi connectivity index (χ4v) is 7.15. The Morgan fingerprint density at radius 3 is 2.07 bits per heavy atom. The molecule has 7 nitrogen and oxygen atoms in total. The normalized spacial score (nSPS) is 11.9. The lowest BCUT2D eigenvalue weighted by molar-refractivity contribution is -0.140. The number of nitrogens with zero attached hydrogens (tertiary/aromatic N) is 2. The highest BCUT2D eigenvalue weighted by molar-refractivity contribution is 7.92. The largest absolute Gasteiger partial charge is 0.354 e. The first-order valence-corrected chi connectivity index (χ1v) is 17.0. The molecule has 0 bridgehead atoms. The van der Waals surface area contributed by atoms with Gasteiger partial charge in [0.2, 0.25) is 11.8 Å². The number of nitrogens with one attached hydrogen (secondary N) is 1. The summed E-state index contributed by atoms with van der Waals surface area (Å²) < 4.78 is 29.3. The Kier molecular flexibility index (Phi) is 11.9. The highest BCUT2D eigenvalue weighted by Gasteiger charge is 2.35. The zero-order valence-corrected chi connectivity index (χ0v) is 28.0. The molecule has 2 amide bonds. The van der Waals surface area contributed by atoms with Crippen LogP contribution < -0.4 is 9.62 Å². The molecule has 236 valence electrons. The molecular formula is C34H34Cl3N3O4S. The highest BCUT2D eigenvalue weighted by atomic mass is 35.5. The Morgan fingerprint density at radius 2 is 1.47 bits per heavy atom. The molecule has 0 aliphatic carbocycles.